The van der Waals surface area contributed by atoms with E-state index in [9.17, 15) is 4.79 Å². The molecule has 0 unspecified atom stereocenters. The molecule has 1 amide bonds. The molecule has 6 heteroatoms. The van der Waals surface area contributed by atoms with Gasteiger partial charge in [0.1, 0.15) is 0 Å². The van der Waals surface area contributed by atoms with Crippen molar-refractivity contribution in [1.29, 1.82) is 0 Å². The molecule has 0 spiro atoms. The quantitative estimate of drug-likeness (QED) is 0.803. The summed E-state index contributed by atoms with van der Waals surface area (Å²) in [4.78, 5) is 21.4. The largest absolute Gasteiger partial charge is 0.354 e. The van der Waals surface area contributed by atoms with Gasteiger partial charge in [0.2, 0.25) is 5.91 Å². The zero-order valence-corrected chi connectivity index (χ0v) is 15.4. The molecule has 0 saturated carbocycles. The molecule has 1 saturated heterocycles. The van der Waals surface area contributed by atoms with Crippen molar-refractivity contribution < 1.29 is 4.79 Å². The summed E-state index contributed by atoms with van der Waals surface area (Å²) >= 11 is 1.68. The number of amides is 1. The Balaban J connectivity index is 1.38. The molecule has 1 fully saturated rings. The molecule has 1 aliphatic heterocycles. The molecule has 1 atom stereocenters. The van der Waals surface area contributed by atoms with E-state index < -0.39 is 0 Å². The number of aromatic nitrogens is 1. The molecule has 132 valence electrons. The molecule has 3 rings (SSSR count). The molecule has 1 N–H and O–H groups in total. The number of carbonyl (C=O) groups excluding carboxylic acids is 1. The van der Waals surface area contributed by atoms with E-state index in [1.807, 2.05) is 18.5 Å². The van der Waals surface area contributed by atoms with Gasteiger partial charge in [-0.2, -0.15) is 0 Å². The minimum atomic E-state index is -0.0521. The summed E-state index contributed by atoms with van der Waals surface area (Å²) in [7, 11) is 0. The highest BCUT2D eigenvalue weighted by Gasteiger charge is 2.26. The first-order valence-corrected chi connectivity index (χ1v) is 9.96. The lowest BCUT2D eigenvalue weighted by molar-refractivity contribution is -0.125. The molecular weight excluding hydrogens is 320 g/mol. The van der Waals surface area contributed by atoms with Crippen molar-refractivity contribution in [2.45, 2.75) is 45.1 Å². The van der Waals surface area contributed by atoms with Crippen molar-refractivity contribution in [2.24, 2.45) is 0 Å². The van der Waals surface area contributed by atoms with E-state index in [4.69, 9.17) is 0 Å². The van der Waals surface area contributed by atoms with Crippen molar-refractivity contribution in [1.82, 2.24) is 15.2 Å². The smallest absolute Gasteiger partial charge is 0.237 e. The lowest BCUT2D eigenvalue weighted by atomic mass is 9.97. The van der Waals surface area contributed by atoms with Crippen LogP contribution >= 0.6 is 11.3 Å². The highest BCUT2D eigenvalue weighted by molar-refractivity contribution is 7.13. The average Bonchev–Trinajstić information content (AvgIpc) is 3.17. The van der Waals surface area contributed by atoms with E-state index in [0.717, 1.165) is 44.3 Å². The Hall–Kier alpha value is -1.40. The number of thiazole rings is 1. The third-order valence-corrected chi connectivity index (χ3v) is 5.89. The maximum atomic E-state index is 12.4. The zero-order valence-electron chi connectivity index (χ0n) is 14.5. The Morgan fingerprint density at radius 1 is 1.33 bits per heavy atom. The lowest BCUT2D eigenvalue weighted by Gasteiger charge is -2.37. The zero-order chi connectivity index (χ0) is 16.8. The van der Waals surface area contributed by atoms with Crippen LogP contribution in [0.1, 0.15) is 39.0 Å². The van der Waals surface area contributed by atoms with Gasteiger partial charge < -0.3 is 10.2 Å². The molecule has 1 aromatic heterocycles. The molecule has 1 aliphatic carbocycles. The Morgan fingerprint density at radius 2 is 2.17 bits per heavy atom. The number of allylic oxidation sites excluding steroid dienone is 1. The van der Waals surface area contributed by atoms with Crippen LogP contribution in [0.5, 0.6) is 0 Å². The van der Waals surface area contributed by atoms with Gasteiger partial charge in [0.05, 0.1) is 6.04 Å². The summed E-state index contributed by atoms with van der Waals surface area (Å²) in [5.74, 6) is 0.161. The van der Waals surface area contributed by atoms with E-state index in [-0.39, 0.29) is 11.9 Å². The normalized spacial score (nSPS) is 20.5. The molecule has 24 heavy (non-hydrogen) atoms. The van der Waals surface area contributed by atoms with E-state index >= 15 is 0 Å². The van der Waals surface area contributed by atoms with Crippen LogP contribution in [0.25, 0.3) is 0 Å². The summed E-state index contributed by atoms with van der Waals surface area (Å²) in [5.41, 5.74) is 1.52. The van der Waals surface area contributed by atoms with Crippen LogP contribution < -0.4 is 10.2 Å². The van der Waals surface area contributed by atoms with Gasteiger partial charge in [0.15, 0.2) is 5.13 Å². The van der Waals surface area contributed by atoms with Crippen LogP contribution in [-0.2, 0) is 4.79 Å². The Morgan fingerprint density at radius 3 is 2.83 bits per heavy atom. The standard InChI is InChI=1S/C18H28N4OS/c1-15(17(23)19-8-7-16-5-3-2-4-6-16)21-10-12-22(13-11-21)18-20-9-14-24-18/h5,9,14-15H,2-4,6-8,10-13H2,1H3,(H,19,23)/t15-/m1/s1. The molecule has 0 radical (unpaired) electrons. The van der Waals surface area contributed by atoms with Crippen LogP contribution in [0.15, 0.2) is 23.2 Å². The van der Waals surface area contributed by atoms with Crippen LogP contribution in [0.4, 0.5) is 5.13 Å². The summed E-state index contributed by atoms with van der Waals surface area (Å²) in [6, 6.07) is -0.0521. The summed E-state index contributed by atoms with van der Waals surface area (Å²) in [5, 5.41) is 6.22. The fourth-order valence-electron chi connectivity index (χ4n) is 3.46. The van der Waals surface area contributed by atoms with Crippen molar-refractivity contribution in [3.63, 3.8) is 0 Å². The Kier molecular flexibility index (Phi) is 6.26. The molecule has 0 aromatic carbocycles. The monoisotopic (exact) mass is 348 g/mol. The topological polar surface area (TPSA) is 48.5 Å². The Bertz CT molecular complexity index is 549. The minimum absolute atomic E-state index is 0.0521. The summed E-state index contributed by atoms with van der Waals surface area (Å²) in [6.07, 6.45) is 10.3. The number of rotatable bonds is 6. The van der Waals surface area contributed by atoms with Gasteiger partial charge >= 0.3 is 0 Å². The molecule has 5 nitrogen and oxygen atoms in total. The number of carbonyl (C=O) groups is 1. The predicted octanol–water partition coefficient (Wildman–Crippen LogP) is 2.66. The van der Waals surface area contributed by atoms with E-state index in [1.54, 1.807) is 11.3 Å². The number of nitrogens with zero attached hydrogens (tertiary/aromatic N) is 3. The van der Waals surface area contributed by atoms with Crippen LogP contribution in [0.3, 0.4) is 0 Å². The first-order chi connectivity index (χ1) is 11.7. The van der Waals surface area contributed by atoms with Crippen molar-refractivity contribution in [3.05, 3.63) is 23.2 Å². The third kappa shape index (κ3) is 4.57. The first kappa shape index (κ1) is 17.4. The summed E-state index contributed by atoms with van der Waals surface area (Å²) < 4.78 is 0. The number of hydrogen-bond acceptors (Lipinski definition) is 5. The third-order valence-electron chi connectivity index (χ3n) is 5.06. The molecule has 2 heterocycles. The second-order valence-corrected chi connectivity index (χ2v) is 7.54. The van der Waals surface area contributed by atoms with Gasteiger partial charge in [0.25, 0.3) is 0 Å². The maximum Gasteiger partial charge on any atom is 0.237 e. The molecular formula is C18H28N4OS. The van der Waals surface area contributed by atoms with Crippen molar-refractivity contribution >= 4 is 22.4 Å². The fraction of sp³-hybridized carbons (Fsp3) is 0.667. The van der Waals surface area contributed by atoms with E-state index in [1.165, 1.54) is 31.3 Å². The summed E-state index contributed by atoms with van der Waals surface area (Å²) in [6.45, 7) is 6.51. The average molecular weight is 349 g/mol. The molecule has 1 aromatic rings. The molecule has 0 bridgehead atoms. The van der Waals surface area contributed by atoms with Gasteiger partial charge in [-0.3, -0.25) is 9.69 Å². The second kappa shape index (κ2) is 8.62. The van der Waals surface area contributed by atoms with Gasteiger partial charge in [0, 0.05) is 44.3 Å². The van der Waals surface area contributed by atoms with Crippen molar-refractivity contribution in [2.75, 3.05) is 37.6 Å². The number of piperazine rings is 1. The van der Waals surface area contributed by atoms with Gasteiger partial charge in [-0.25, -0.2) is 4.98 Å². The predicted molar refractivity (Wildman–Crippen MR) is 99.5 cm³/mol. The SMILES string of the molecule is C[C@H](C(=O)NCCC1=CCCCC1)N1CCN(c2nccs2)CC1. The van der Waals surface area contributed by atoms with Crippen molar-refractivity contribution in [3.8, 4) is 0 Å². The highest BCUT2D eigenvalue weighted by atomic mass is 32.1. The number of nitrogens with one attached hydrogen (secondary N) is 1. The van der Waals surface area contributed by atoms with Gasteiger partial charge in [-0.15, -0.1) is 11.3 Å². The lowest BCUT2D eigenvalue weighted by Crippen LogP contribution is -2.54. The van der Waals surface area contributed by atoms with Crippen LogP contribution in [0.2, 0.25) is 0 Å². The number of hydrogen-bond donors (Lipinski definition) is 1. The van der Waals surface area contributed by atoms with Gasteiger partial charge in [-0.05, 0) is 39.0 Å². The first-order valence-electron chi connectivity index (χ1n) is 9.08. The van der Waals surface area contributed by atoms with Gasteiger partial charge in [-0.1, -0.05) is 11.6 Å². The minimum Gasteiger partial charge on any atom is -0.354 e. The van der Waals surface area contributed by atoms with Crippen LogP contribution in [-0.4, -0.2) is 54.6 Å². The van der Waals surface area contributed by atoms with E-state index in [0.29, 0.717) is 0 Å². The second-order valence-electron chi connectivity index (χ2n) is 6.66. The van der Waals surface area contributed by atoms with Crippen LogP contribution in [0, 0.1) is 0 Å². The highest BCUT2D eigenvalue weighted by Crippen LogP contribution is 2.20. The Labute approximate surface area is 148 Å². The number of anilines is 1. The van der Waals surface area contributed by atoms with E-state index in [2.05, 4.69) is 26.2 Å². The molecule has 2 aliphatic rings. The maximum absolute atomic E-state index is 12.4. The fourth-order valence-corrected chi connectivity index (χ4v) is 4.16.